The van der Waals surface area contributed by atoms with Crippen molar-refractivity contribution < 1.29 is 4.79 Å². The number of carbonyl (C=O) groups is 1. The second-order valence-corrected chi connectivity index (χ2v) is 5.73. The Kier molecular flexibility index (Phi) is 5.87. The minimum absolute atomic E-state index is 0.0362. The summed E-state index contributed by atoms with van der Waals surface area (Å²) in [6.07, 6.45) is 0. The molecule has 1 atom stereocenters. The van der Waals surface area contributed by atoms with E-state index in [4.69, 9.17) is 0 Å². The summed E-state index contributed by atoms with van der Waals surface area (Å²) in [6.45, 7) is 10.9. The van der Waals surface area contributed by atoms with Gasteiger partial charge in [0.25, 0.3) is 0 Å². The Hall–Kier alpha value is -1.51. The first-order chi connectivity index (χ1) is 8.90. The Labute approximate surface area is 116 Å². The van der Waals surface area contributed by atoms with Crippen LogP contribution in [0.4, 0.5) is 5.69 Å². The van der Waals surface area contributed by atoms with Crippen LogP contribution in [0.25, 0.3) is 0 Å². The molecule has 0 heterocycles. The van der Waals surface area contributed by atoms with Crippen LogP contribution in [0.5, 0.6) is 0 Å². The fourth-order valence-electron chi connectivity index (χ4n) is 1.64. The van der Waals surface area contributed by atoms with E-state index in [9.17, 15) is 4.79 Å². The van der Waals surface area contributed by atoms with E-state index in [0.29, 0.717) is 18.4 Å². The lowest BCUT2D eigenvalue weighted by Crippen LogP contribution is -2.39. The Morgan fingerprint density at radius 2 is 1.63 bits per heavy atom. The molecule has 0 saturated carbocycles. The van der Waals surface area contributed by atoms with Crippen molar-refractivity contribution in [2.75, 3.05) is 11.9 Å². The normalized spacial score (nSPS) is 12.6. The molecule has 3 heteroatoms. The van der Waals surface area contributed by atoms with Gasteiger partial charge < -0.3 is 10.6 Å². The smallest absolute Gasteiger partial charge is 0.239 e. The summed E-state index contributed by atoms with van der Waals surface area (Å²) in [6, 6.07) is 8.45. The predicted molar refractivity (Wildman–Crippen MR) is 81.5 cm³/mol. The summed E-state index contributed by atoms with van der Waals surface area (Å²) in [5.41, 5.74) is 2.29. The zero-order chi connectivity index (χ0) is 14.4. The molecule has 106 valence electrons. The molecular weight excluding hydrogens is 236 g/mol. The van der Waals surface area contributed by atoms with E-state index in [-0.39, 0.29) is 11.9 Å². The molecule has 0 fully saturated rings. The molecule has 0 radical (unpaired) electrons. The second kappa shape index (κ2) is 7.17. The topological polar surface area (TPSA) is 41.1 Å². The maximum Gasteiger partial charge on any atom is 0.239 e. The third-order valence-electron chi connectivity index (χ3n) is 3.42. The summed E-state index contributed by atoms with van der Waals surface area (Å²) in [7, 11) is 0. The molecule has 1 unspecified atom stereocenters. The van der Waals surface area contributed by atoms with Crippen LogP contribution >= 0.6 is 0 Å². The molecule has 0 aliphatic rings. The molecule has 0 aliphatic heterocycles. The van der Waals surface area contributed by atoms with Crippen LogP contribution < -0.4 is 10.6 Å². The highest BCUT2D eigenvalue weighted by molar-refractivity contribution is 5.80. The summed E-state index contributed by atoms with van der Waals surface area (Å²) in [5.74, 6) is 1.02. The van der Waals surface area contributed by atoms with Gasteiger partial charge in [0, 0.05) is 11.7 Å². The van der Waals surface area contributed by atoms with Gasteiger partial charge in [-0.05, 0) is 36.5 Å². The quantitative estimate of drug-likeness (QED) is 0.825. The molecule has 0 saturated heterocycles. The van der Waals surface area contributed by atoms with Gasteiger partial charge >= 0.3 is 0 Å². The number of hydrogen-bond donors (Lipinski definition) is 2. The lowest BCUT2D eigenvalue weighted by atomic mass is 10.0. The van der Waals surface area contributed by atoms with Crippen molar-refractivity contribution in [3.8, 4) is 0 Å². The van der Waals surface area contributed by atoms with Crippen LogP contribution in [-0.2, 0) is 4.79 Å². The van der Waals surface area contributed by atoms with Gasteiger partial charge in [0.15, 0.2) is 0 Å². The fraction of sp³-hybridized carbons (Fsp3) is 0.562. The van der Waals surface area contributed by atoms with Crippen molar-refractivity contribution in [2.45, 2.75) is 46.6 Å². The number of anilines is 1. The summed E-state index contributed by atoms with van der Waals surface area (Å²) < 4.78 is 0. The number of hydrogen-bond acceptors (Lipinski definition) is 2. The molecule has 1 aromatic carbocycles. The lowest BCUT2D eigenvalue weighted by molar-refractivity contribution is -0.120. The van der Waals surface area contributed by atoms with Gasteiger partial charge in [0.1, 0.15) is 0 Å². The van der Waals surface area contributed by atoms with Crippen molar-refractivity contribution in [1.82, 2.24) is 5.32 Å². The number of carbonyl (C=O) groups excluding carboxylic acids is 1. The highest BCUT2D eigenvalue weighted by Crippen LogP contribution is 2.16. The Morgan fingerprint density at radius 1 is 1.05 bits per heavy atom. The second-order valence-electron chi connectivity index (χ2n) is 5.73. The summed E-state index contributed by atoms with van der Waals surface area (Å²) >= 11 is 0. The van der Waals surface area contributed by atoms with Crippen LogP contribution in [0, 0.1) is 5.92 Å². The zero-order valence-corrected chi connectivity index (χ0v) is 12.7. The molecule has 0 aliphatic carbocycles. The maximum absolute atomic E-state index is 11.7. The summed E-state index contributed by atoms with van der Waals surface area (Å²) in [4.78, 5) is 11.7. The van der Waals surface area contributed by atoms with E-state index >= 15 is 0 Å². The first kappa shape index (κ1) is 15.5. The minimum atomic E-state index is 0.0362. The van der Waals surface area contributed by atoms with Gasteiger partial charge in [-0.2, -0.15) is 0 Å². The van der Waals surface area contributed by atoms with Crippen LogP contribution in [0.15, 0.2) is 24.3 Å². The van der Waals surface area contributed by atoms with Gasteiger partial charge in [0.05, 0.1) is 6.54 Å². The zero-order valence-electron chi connectivity index (χ0n) is 12.7. The Bertz CT molecular complexity index is 396. The minimum Gasteiger partial charge on any atom is -0.376 e. The molecule has 2 N–H and O–H groups in total. The van der Waals surface area contributed by atoms with Gasteiger partial charge in [-0.1, -0.05) is 39.8 Å². The van der Waals surface area contributed by atoms with Crippen molar-refractivity contribution in [3.63, 3.8) is 0 Å². The van der Waals surface area contributed by atoms with Crippen molar-refractivity contribution in [2.24, 2.45) is 5.92 Å². The molecule has 3 nitrogen and oxygen atoms in total. The standard InChI is InChI=1S/C16H26N2O/c1-11(2)13(5)18-16(19)10-17-15-8-6-14(7-9-15)12(3)4/h6-9,11-13,17H,10H2,1-5H3,(H,18,19). The third-order valence-corrected chi connectivity index (χ3v) is 3.42. The number of amides is 1. The third kappa shape index (κ3) is 5.33. The molecule has 1 rings (SSSR count). The molecule has 0 spiro atoms. The van der Waals surface area contributed by atoms with Crippen molar-refractivity contribution in [1.29, 1.82) is 0 Å². The Morgan fingerprint density at radius 3 is 2.11 bits per heavy atom. The molecule has 0 bridgehead atoms. The monoisotopic (exact) mass is 262 g/mol. The highest BCUT2D eigenvalue weighted by atomic mass is 16.1. The van der Waals surface area contributed by atoms with E-state index in [1.54, 1.807) is 0 Å². The van der Waals surface area contributed by atoms with E-state index in [0.717, 1.165) is 5.69 Å². The number of rotatable bonds is 6. The molecule has 1 amide bonds. The van der Waals surface area contributed by atoms with E-state index in [1.165, 1.54) is 5.56 Å². The first-order valence-corrected chi connectivity index (χ1v) is 7.03. The largest absolute Gasteiger partial charge is 0.376 e. The lowest BCUT2D eigenvalue weighted by Gasteiger charge is -2.17. The highest BCUT2D eigenvalue weighted by Gasteiger charge is 2.10. The van der Waals surface area contributed by atoms with Gasteiger partial charge in [-0.3, -0.25) is 4.79 Å². The molecular formula is C16H26N2O. The van der Waals surface area contributed by atoms with Crippen LogP contribution in [0.2, 0.25) is 0 Å². The van der Waals surface area contributed by atoms with Crippen LogP contribution in [0.1, 0.15) is 46.1 Å². The van der Waals surface area contributed by atoms with Gasteiger partial charge in [-0.15, -0.1) is 0 Å². The van der Waals surface area contributed by atoms with Gasteiger partial charge in [0.2, 0.25) is 5.91 Å². The molecule has 0 aromatic heterocycles. The molecule has 19 heavy (non-hydrogen) atoms. The number of benzene rings is 1. The van der Waals surface area contributed by atoms with Crippen molar-refractivity contribution >= 4 is 11.6 Å². The van der Waals surface area contributed by atoms with Crippen molar-refractivity contribution in [3.05, 3.63) is 29.8 Å². The summed E-state index contributed by atoms with van der Waals surface area (Å²) in [5, 5.41) is 6.12. The average molecular weight is 262 g/mol. The fourth-order valence-corrected chi connectivity index (χ4v) is 1.64. The Balaban J connectivity index is 2.42. The van der Waals surface area contributed by atoms with E-state index in [2.05, 4.69) is 50.5 Å². The molecule has 1 aromatic rings. The average Bonchev–Trinajstić information content (AvgIpc) is 2.36. The SMILES string of the molecule is CC(C)c1ccc(NCC(=O)NC(C)C(C)C)cc1. The maximum atomic E-state index is 11.7. The first-order valence-electron chi connectivity index (χ1n) is 7.03. The van der Waals surface area contributed by atoms with Crippen LogP contribution in [-0.4, -0.2) is 18.5 Å². The predicted octanol–water partition coefficient (Wildman–Crippen LogP) is 3.38. The number of nitrogens with one attached hydrogen (secondary N) is 2. The van der Waals surface area contributed by atoms with E-state index < -0.39 is 0 Å². The van der Waals surface area contributed by atoms with Gasteiger partial charge in [-0.25, -0.2) is 0 Å². The van der Waals surface area contributed by atoms with Crippen LogP contribution in [0.3, 0.4) is 0 Å². The van der Waals surface area contributed by atoms with E-state index in [1.807, 2.05) is 19.1 Å².